The number of halogens is 1. The molecule has 0 saturated carbocycles. The molecule has 0 aliphatic carbocycles. The second kappa shape index (κ2) is 15.0. The van der Waals surface area contributed by atoms with Crippen molar-refractivity contribution < 1.29 is 23.8 Å². The Morgan fingerprint density at radius 1 is 1.10 bits per heavy atom. The fourth-order valence-corrected chi connectivity index (χ4v) is 5.68. The van der Waals surface area contributed by atoms with Crippen molar-refractivity contribution in [3.8, 4) is 5.75 Å². The molecule has 11 heteroatoms. The highest BCUT2D eigenvalue weighted by atomic mass is 35.5. The highest BCUT2D eigenvalue weighted by Crippen LogP contribution is 2.29. The molecule has 0 spiro atoms. The molecule has 1 amide bonds. The molecule has 3 N–H and O–H groups in total. The third-order valence-corrected chi connectivity index (χ3v) is 8.53. The van der Waals surface area contributed by atoms with Crippen molar-refractivity contribution in [1.82, 2.24) is 20.0 Å². The van der Waals surface area contributed by atoms with Crippen molar-refractivity contribution >= 4 is 29.2 Å². The van der Waals surface area contributed by atoms with Crippen LogP contribution in [0.1, 0.15) is 45.5 Å². The topological polar surface area (TPSA) is 110 Å². The maximum absolute atomic E-state index is 13.1. The summed E-state index contributed by atoms with van der Waals surface area (Å²) in [5.41, 5.74) is 8.30. The molecule has 2 fully saturated rings. The van der Waals surface area contributed by atoms with E-state index in [1.807, 2.05) is 24.3 Å². The zero-order valence-corrected chi connectivity index (χ0v) is 25.9. The summed E-state index contributed by atoms with van der Waals surface area (Å²) in [7, 11) is 7.35. The molecule has 0 radical (unpaired) electrons. The molecule has 2 aliphatic heterocycles. The highest BCUT2D eigenvalue weighted by Gasteiger charge is 2.31. The molecule has 42 heavy (non-hydrogen) atoms. The number of hydrogen-bond donors (Lipinski definition) is 2. The Morgan fingerprint density at radius 2 is 1.81 bits per heavy atom. The normalized spacial score (nSPS) is 20.4. The SMILES string of the molecule is COc1cc(N)c(Cl)cc1C(=O)NC1CCN(CCN(C)Cc2ccc(C(=O)OC3CCN(C)CC3)cc2)CC1OC. The van der Waals surface area contributed by atoms with Gasteiger partial charge in [-0.2, -0.15) is 0 Å². The van der Waals surface area contributed by atoms with Crippen LogP contribution in [0.25, 0.3) is 0 Å². The molecule has 10 nitrogen and oxygen atoms in total. The monoisotopic (exact) mass is 601 g/mol. The highest BCUT2D eigenvalue weighted by molar-refractivity contribution is 6.33. The first kappa shape index (κ1) is 32.0. The first-order valence-electron chi connectivity index (χ1n) is 14.5. The van der Waals surface area contributed by atoms with E-state index in [1.165, 1.54) is 13.2 Å². The number of methoxy groups -OCH3 is 2. The Labute approximate surface area is 254 Å². The summed E-state index contributed by atoms with van der Waals surface area (Å²) in [6.07, 6.45) is 2.39. The first-order chi connectivity index (χ1) is 20.2. The van der Waals surface area contributed by atoms with E-state index in [4.69, 9.17) is 31.5 Å². The van der Waals surface area contributed by atoms with Crippen molar-refractivity contribution in [2.75, 3.05) is 73.3 Å². The summed E-state index contributed by atoms with van der Waals surface area (Å²) in [6.45, 7) is 5.99. The van der Waals surface area contributed by atoms with Gasteiger partial charge in [-0.3, -0.25) is 9.69 Å². The predicted molar refractivity (Wildman–Crippen MR) is 164 cm³/mol. The fraction of sp³-hybridized carbons (Fsp3) is 0.548. The van der Waals surface area contributed by atoms with Gasteiger partial charge in [-0.25, -0.2) is 4.79 Å². The Bertz CT molecular complexity index is 1200. The van der Waals surface area contributed by atoms with Crippen molar-refractivity contribution in [3.05, 3.63) is 58.1 Å². The van der Waals surface area contributed by atoms with Crippen LogP contribution in [0.3, 0.4) is 0 Å². The smallest absolute Gasteiger partial charge is 0.338 e. The third kappa shape index (κ3) is 8.58. The molecule has 0 bridgehead atoms. The second-order valence-corrected chi connectivity index (χ2v) is 11.8. The Hall–Kier alpha value is -2.89. The van der Waals surface area contributed by atoms with Gasteiger partial charge in [0.25, 0.3) is 5.91 Å². The molecule has 2 atom stereocenters. The number of likely N-dealkylation sites (tertiary alicyclic amines) is 2. The van der Waals surface area contributed by atoms with E-state index in [0.717, 1.165) is 64.1 Å². The lowest BCUT2D eigenvalue weighted by Crippen LogP contribution is -2.55. The second-order valence-electron chi connectivity index (χ2n) is 11.4. The number of esters is 1. The standard InChI is InChI=1S/C31H44ClN5O5/c1-35-12-9-23(10-13-35)42-31(39)22-7-5-21(6-8-22)19-36(2)15-16-37-14-11-27(29(20-37)41-4)34-30(38)24-17-25(32)26(33)18-28(24)40-3/h5-8,17-18,23,27,29H,9-16,19-20,33H2,1-4H3,(H,34,38). The zero-order valence-electron chi connectivity index (χ0n) is 25.1. The maximum atomic E-state index is 13.1. The number of nitrogens with zero attached hydrogens (tertiary/aromatic N) is 3. The van der Waals surface area contributed by atoms with Gasteiger partial charge in [0, 0.05) is 59.0 Å². The van der Waals surface area contributed by atoms with Crippen LogP contribution in [0.4, 0.5) is 5.69 Å². The van der Waals surface area contributed by atoms with Gasteiger partial charge in [-0.1, -0.05) is 23.7 Å². The van der Waals surface area contributed by atoms with Crippen molar-refractivity contribution in [2.45, 2.75) is 44.1 Å². The molecule has 2 aromatic carbocycles. The van der Waals surface area contributed by atoms with E-state index in [0.29, 0.717) is 34.1 Å². The van der Waals surface area contributed by atoms with Gasteiger partial charge < -0.3 is 35.1 Å². The maximum Gasteiger partial charge on any atom is 0.338 e. The minimum atomic E-state index is -0.268. The summed E-state index contributed by atoms with van der Waals surface area (Å²) >= 11 is 6.16. The van der Waals surface area contributed by atoms with Crippen LogP contribution in [0, 0.1) is 0 Å². The van der Waals surface area contributed by atoms with Gasteiger partial charge in [0.2, 0.25) is 0 Å². The summed E-state index contributed by atoms with van der Waals surface area (Å²) < 4.78 is 16.8. The summed E-state index contributed by atoms with van der Waals surface area (Å²) in [6, 6.07) is 10.7. The number of nitrogens with one attached hydrogen (secondary N) is 1. The van der Waals surface area contributed by atoms with Crippen LogP contribution in [0.5, 0.6) is 5.75 Å². The molecule has 2 aromatic rings. The van der Waals surface area contributed by atoms with E-state index >= 15 is 0 Å². The number of nitrogen functional groups attached to an aromatic ring is 1. The lowest BCUT2D eigenvalue weighted by atomic mass is 10.0. The summed E-state index contributed by atoms with van der Waals surface area (Å²) in [5, 5.41) is 3.41. The average Bonchev–Trinajstić information content (AvgIpc) is 2.99. The van der Waals surface area contributed by atoms with Gasteiger partial charge in [-0.15, -0.1) is 0 Å². The van der Waals surface area contributed by atoms with Gasteiger partial charge in [0.15, 0.2) is 0 Å². The van der Waals surface area contributed by atoms with Crippen LogP contribution in [-0.4, -0.2) is 112 Å². The Balaban J connectivity index is 1.21. The van der Waals surface area contributed by atoms with Crippen molar-refractivity contribution in [1.29, 1.82) is 0 Å². The van der Waals surface area contributed by atoms with Crippen molar-refractivity contribution in [2.24, 2.45) is 0 Å². The number of benzene rings is 2. The van der Waals surface area contributed by atoms with Crippen LogP contribution < -0.4 is 15.8 Å². The van der Waals surface area contributed by atoms with Gasteiger partial charge in [0.1, 0.15) is 11.9 Å². The van der Waals surface area contributed by atoms with Crippen LogP contribution >= 0.6 is 11.6 Å². The Morgan fingerprint density at radius 3 is 2.48 bits per heavy atom. The minimum absolute atomic E-state index is 0.00453. The minimum Gasteiger partial charge on any atom is -0.496 e. The number of rotatable bonds is 11. The largest absolute Gasteiger partial charge is 0.496 e. The van der Waals surface area contributed by atoms with Crippen LogP contribution in [0.2, 0.25) is 5.02 Å². The molecule has 2 saturated heterocycles. The number of piperidine rings is 2. The number of carbonyl (C=O) groups excluding carboxylic acids is 2. The number of hydrogen-bond acceptors (Lipinski definition) is 9. The van der Waals surface area contributed by atoms with Crippen LogP contribution in [0.15, 0.2) is 36.4 Å². The number of anilines is 1. The predicted octanol–water partition coefficient (Wildman–Crippen LogP) is 3.13. The average molecular weight is 602 g/mol. The lowest BCUT2D eigenvalue weighted by molar-refractivity contribution is 0.00440. The molecule has 2 heterocycles. The van der Waals surface area contributed by atoms with E-state index < -0.39 is 0 Å². The number of likely N-dealkylation sites (N-methyl/N-ethyl adjacent to an activating group) is 1. The molecule has 4 rings (SSSR count). The molecule has 230 valence electrons. The van der Waals surface area contributed by atoms with E-state index in [2.05, 4.69) is 34.1 Å². The van der Waals surface area contributed by atoms with Crippen LogP contribution in [-0.2, 0) is 16.0 Å². The van der Waals surface area contributed by atoms with E-state index in [-0.39, 0.29) is 30.1 Å². The quantitative estimate of drug-likeness (QED) is 0.296. The number of carbonyl (C=O) groups is 2. The van der Waals surface area contributed by atoms with Crippen molar-refractivity contribution in [3.63, 3.8) is 0 Å². The number of nitrogens with two attached hydrogens (primary N) is 1. The molecule has 2 aliphatic rings. The fourth-order valence-electron chi connectivity index (χ4n) is 5.52. The summed E-state index contributed by atoms with van der Waals surface area (Å²) in [4.78, 5) is 32.5. The zero-order chi connectivity index (χ0) is 30.2. The third-order valence-electron chi connectivity index (χ3n) is 8.21. The van der Waals surface area contributed by atoms with E-state index in [1.54, 1.807) is 13.2 Å². The summed E-state index contributed by atoms with van der Waals surface area (Å²) in [5.74, 6) is -0.130. The molecule has 2 unspecified atom stereocenters. The molecular weight excluding hydrogens is 558 g/mol. The van der Waals surface area contributed by atoms with E-state index in [9.17, 15) is 9.59 Å². The number of amides is 1. The lowest BCUT2D eigenvalue weighted by Gasteiger charge is -2.38. The van der Waals surface area contributed by atoms with Gasteiger partial charge in [-0.05, 0) is 57.1 Å². The molecule has 0 aromatic heterocycles. The van der Waals surface area contributed by atoms with Gasteiger partial charge >= 0.3 is 5.97 Å². The number of ether oxygens (including phenoxy) is 3. The molecular formula is C31H44ClN5O5. The van der Waals surface area contributed by atoms with Gasteiger partial charge in [0.05, 0.1) is 41.1 Å². The first-order valence-corrected chi connectivity index (χ1v) is 14.9. The Kier molecular flexibility index (Phi) is 11.5.